The summed E-state index contributed by atoms with van der Waals surface area (Å²) >= 11 is 0. The summed E-state index contributed by atoms with van der Waals surface area (Å²) in [5.74, 6) is 3.20. The summed E-state index contributed by atoms with van der Waals surface area (Å²) < 4.78 is 5.42. The smallest absolute Gasteiger partial charge is 0.237 e. The van der Waals surface area contributed by atoms with Crippen LogP contribution in [0.15, 0.2) is 12.4 Å². The van der Waals surface area contributed by atoms with Crippen molar-refractivity contribution >= 4 is 0 Å². The number of hydrogen-bond acceptors (Lipinski definition) is 4. The van der Waals surface area contributed by atoms with Crippen LogP contribution in [0.1, 0.15) is 50.8 Å². The SMILES string of the molecule is CCCNC(c1nccnc1OC)C1C2CCCCC21. The summed E-state index contributed by atoms with van der Waals surface area (Å²) in [7, 11) is 1.68. The third kappa shape index (κ3) is 2.53. The van der Waals surface area contributed by atoms with Crippen LogP contribution in [0.2, 0.25) is 0 Å². The molecule has 3 rings (SSSR count). The van der Waals surface area contributed by atoms with Crippen molar-refractivity contribution in [3.63, 3.8) is 0 Å². The molecule has 0 spiro atoms. The zero-order valence-corrected chi connectivity index (χ0v) is 12.5. The van der Waals surface area contributed by atoms with E-state index in [-0.39, 0.29) is 0 Å². The van der Waals surface area contributed by atoms with Crippen LogP contribution in [0, 0.1) is 17.8 Å². The molecule has 1 N–H and O–H groups in total. The number of nitrogens with one attached hydrogen (secondary N) is 1. The topological polar surface area (TPSA) is 47.0 Å². The lowest BCUT2D eigenvalue weighted by molar-refractivity contribution is 0.362. The van der Waals surface area contributed by atoms with Crippen molar-refractivity contribution in [3.8, 4) is 5.88 Å². The molecule has 2 saturated carbocycles. The fourth-order valence-electron chi connectivity index (χ4n) is 3.96. The highest BCUT2D eigenvalue weighted by Gasteiger charge is 2.55. The summed E-state index contributed by atoms with van der Waals surface area (Å²) in [4.78, 5) is 8.90. The van der Waals surface area contributed by atoms with E-state index in [1.807, 2.05) is 0 Å². The largest absolute Gasteiger partial charge is 0.480 e. The van der Waals surface area contributed by atoms with Crippen LogP contribution >= 0.6 is 0 Å². The first-order chi connectivity index (χ1) is 9.86. The molecule has 0 aliphatic heterocycles. The molecule has 0 aromatic carbocycles. The fraction of sp³-hybridized carbons (Fsp3) is 0.750. The van der Waals surface area contributed by atoms with Crippen LogP contribution < -0.4 is 10.1 Å². The van der Waals surface area contributed by atoms with Crippen molar-refractivity contribution in [2.45, 2.75) is 45.1 Å². The van der Waals surface area contributed by atoms with Gasteiger partial charge in [-0.2, -0.15) is 0 Å². The third-order valence-electron chi connectivity index (χ3n) is 4.90. The first-order valence-electron chi connectivity index (χ1n) is 7.95. The average Bonchev–Trinajstić information content (AvgIpc) is 3.23. The lowest BCUT2D eigenvalue weighted by atomic mass is 10.0. The monoisotopic (exact) mass is 275 g/mol. The number of fused-ring (bicyclic) bond motifs is 1. The van der Waals surface area contributed by atoms with Gasteiger partial charge in [0.05, 0.1) is 13.2 Å². The van der Waals surface area contributed by atoms with Crippen LogP contribution in [0.25, 0.3) is 0 Å². The van der Waals surface area contributed by atoms with Gasteiger partial charge < -0.3 is 10.1 Å². The molecular formula is C16H25N3O. The zero-order valence-electron chi connectivity index (χ0n) is 12.5. The predicted molar refractivity (Wildman–Crippen MR) is 78.6 cm³/mol. The summed E-state index contributed by atoms with van der Waals surface area (Å²) in [5, 5.41) is 3.70. The molecule has 110 valence electrons. The third-order valence-corrected chi connectivity index (χ3v) is 4.90. The summed E-state index contributed by atoms with van der Waals surface area (Å²) in [6.07, 6.45) is 10.2. The van der Waals surface area contributed by atoms with Crippen molar-refractivity contribution in [2.24, 2.45) is 17.8 Å². The van der Waals surface area contributed by atoms with Crippen LogP contribution in [0.5, 0.6) is 5.88 Å². The maximum absolute atomic E-state index is 5.42. The Hall–Kier alpha value is -1.16. The highest BCUT2D eigenvalue weighted by molar-refractivity contribution is 5.25. The molecule has 0 saturated heterocycles. The quantitative estimate of drug-likeness (QED) is 0.867. The molecule has 20 heavy (non-hydrogen) atoms. The Bertz CT molecular complexity index is 439. The second kappa shape index (κ2) is 6.08. The molecule has 3 unspecified atom stereocenters. The number of ether oxygens (including phenoxy) is 1. The van der Waals surface area contributed by atoms with Crippen LogP contribution in [-0.4, -0.2) is 23.6 Å². The molecule has 2 fully saturated rings. The number of hydrogen-bond donors (Lipinski definition) is 1. The molecule has 1 aromatic rings. The molecule has 3 atom stereocenters. The maximum atomic E-state index is 5.42. The van der Waals surface area contributed by atoms with Crippen LogP contribution in [0.4, 0.5) is 0 Å². The summed E-state index contributed by atoms with van der Waals surface area (Å²) in [6.45, 7) is 3.23. The number of aromatic nitrogens is 2. The summed E-state index contributed by atoms with van der Waals surface area (Å²) in [6, 6.07) is 0.312. The first-order valence-corrected chi connectivity index (χ1v) is 7.95. The minimum absolute atomic E-state index is 0.312. The Balaban J connectivity index is 1.82. The van der Waals surface area contributed by atoms with E-state index in [2.05, 4.69) is 22.2 Å². The van der Waals surface area contributed by atoms with Crippen LogP contribution in [0.3, 0.4) is 0 Å². The van der Waals surface area contributed by atoms with E-state index in [4.69, 9.17) is 4.74 Å². The highest BCUT2D eigenvalue weighted by Crippen LogP contribution is 2.60. The number of nitrogens with zero attached hydrogens (tertiary/aromatic N) is 2. The van der Waals surface area contributed by atoms with E-state index in [1.54, 1.807) is 19.5 Å². The van der Waals surface area contributed by atoms with E-state index in [9.17, 15) is 0 Å². The van der Waals surface area contributed by atoms with Gasteiger partial charge in [0.25, 0.3) is 0 Å². The molecule has 2 aliphatic carbocycles. The molecule has 4 nitrogen and oxygen atoms in total. The minimum Gasteiger partial charge on any atom is -0.480 e. The Kier molecular flexibility index (Phi) is 4.20. The highest BCUT2D eigenvalue weighted by atomic mass is 16.5. The van der Waals surface area contributed by atoms with E-state index >= 15 is 0 Å². The number of rotatable bonds is 6. The van der Waals surface area contributed by atoms with Gasteiger partial charge in [0.2, 0.25) is 5.88 Å². The van der Waals surface area contributed by atoms with Crippen molar-refractivity contribution < 1.29 is 4.74 Å². The van der Waals surface area contributed by atoms with Gasteiger partial charge in [-0.05, 0) is 43.6 Å². The van der Waals surface area contributed by atoms with Gasteiger partial charge in [-0.15, -0.1) is 0 Å². The second-order valence-corrected chi connectivity index (χ2v) is 6.07. The average molecular weight is 275 g/mol. The molecule has 1 aromatic heterocycles. The van der Waals surface area contributed by atoms with E-state index in [0.29, 0.717) is 11.9 Å². The van der Waals surface area contributed by atoms with Gasteiger partial charge in [0, 0.05) is 12.4 Å². The molecule has 2 aliphatic rings. The fourth-order valence-corrected chi connectivity index (χ4v) is 3.96. The zero-order chi connectivity index (χ0) is 13.9. The van der Waals surface area contributed by atoms with Gasteiger partial charge in [-0.1, -0.05) is 19.8 Å². The maximum Gasteiger partial charge on any atom is 0.237 e. The molecule has 0 bridgehead atoms. The van der Waals surface area contributed by atoms with Crippen LogP contribution in [-0.2, 0) is 0 Å². The van der Waals surface area contributed by atoms with Gasteiger partial charge in [-0.3, -0.25) is 4.98 Å². The van der Waals surface area contributed by atoms with E-state index < -0.39 is 0 Å². The predicted octanol–water partition coefficient (Wildman–Crippen LogP) is 2.96. The van der Waals surface area contributed by atoms with Crippen molar-refractivity contribution in [1.29, 1.82) is 0 Å². The Morgan fingerprint density at radius 3 is 2.60 bits per heavy atom. The van der Waals surface area contributed by atoms with E-state index in [1.165, 1.54) is 25.7 Å². The lowest BCUT2D eigenvalue weighted by Crippen LogP contribution is -2.26. The molecule has 1 heterocycles. The van der Waals surface area contributed by atoms with Crippen molar-refractivity contribution in [1.82, 2.24) is 15.3 Å². The molecule has 0 amide bonds. The Morgan fingerprint density at radius 2 is 1.95 bits per heavy atom. The molecule has 4 heteroatoms. The Labute approximate surface area is 121 Å². The van der Waals surface area contributed by atoms with Gasteiger partial charge >= 0.3 is 0 Å². The normalized spacial score (nSPS) is 29.6. The number of methoxy groups -OCH3 is 1. The second-order valence-electron chi connectivity index (χ2n) is 6.07. The van der Waals surface area contributed by atoms with Gasteiger partial charge in [0.15, 0.2) is 0 Å². The lowest BCUT2D eigenvalue weighted by Gasteiger charge is -2.20. The van der Waals surface area contributed by atoms with Gasteiger partial charge in [0.1, 0.15) is 5.69 Å². The van der Waals surface area contributed by atoms with Gasteiger partial charge in [-0.25, -0.2) is 4.98 Å². The minimum atomic E-state index is 0.312. The summed E-state index contributed by atoms with van der Waals surface area (Å²) in [5.41, 5.74) is 1.00. The molecular weight excluding hydrogens is 250 g/mol. The Morgan fingerprint density at radius 1 is 1.25 bits per heavy atom. The standard InChI is InChI=1S/C16H25N3O/c1-3-8-17-14(13-11-6-4-5-7-12(11)13)15-16(20-2)19-10-9-18-15/h9-14,17H,3-8H2,1-2H3. The molecule has 0 radical (unpaired) electrons. The van der Waals surface area contributed by atoms with E-state index in [0.717, 1.165) is 36.4 Å². The first kappa shape index (κ1) is 13.8. The van der Waals surface area contributed by atoms with Crippen molar-refractivity contribution in [3.05, 3.63) is 18.1 Å². The van der Waals surface area contributed by atoms with Crippen molar-refractivity contribution in [2.75, 3.05) is 13.7 Å².